The quantitative estimate of drug-likeness (QED) is 0.762. The molecule has 0 aliphatic rings. The van der Waals surface area contributed by atoms with Crippen LogP contribution in [0.5, 0.6) is 0 Å². The Morgan fingerprint density at radius 3 is 2.76 bits per heavy atom. The molecule has 0 fully saturated rings. The highest BCUT2D eigenvalue weighted by Gasteiger charge is 2.18. The average Bonchev–Trinajstić information content (AvgIpc) is 2.88. The van der Waals surface area contributed by atoms with Gasteiger partial charge in [0.05, 0.1) is 5.69 Å². The van der Waals surface area contributed by atoms with E-state index in [-0.39, 0.29) is 11.9 Å². The predicted octanol–water partition coefficient (Wildman–Crippen LogP) is 2.41. The van der Waals surface area contributed by atoms with Gasteiger partial charge in [0.25, 0.3) is 0 Å². The van der Waals surface area contributed by atoms with Crippen molar-refractivity contribution in [3.05, 3.63) is 46.7 Å². The van der Waals surface area contributed by atoms with Crippen LogP contribution in [0.4, 0.5) is 9.52 Å². The van der Waals surface area contributed by atoms with Crippen molar-refractivity contribution in [1.82, 2.24) is 4.98 Å². The molecule has 7 heteroatoms. The SMILES string of the molecule is CC(Cc1ccc(F)cc1)Nc1nc(C(N)C(=O)O)cs1. The summed E-state index contributed by atoms with van der Waals surface area (Å²) in [6.07, 6.45) is 0.709. The fourth-order valence-corrected chi connectivity index (χ4v) is 2.72. The standard InChI is InChI=1S/C14H16FN3O2S/c1-8(6-9-2-4-10(15)5-3-9)17-14-18-11(7-21-14)12(16)13(19)20/h2-5,7-8,12H,6,16H2,1H3,(H,17,18)(H,19,20). The predicted molar refractivity (Wildman–Crippen MR) is 79.9 cm³/mol. The average molecular weight is 309 g/mol. The Bertz CT molecular complexity index is 615. The molecule has 0 saturated carbocycles. The monoisotopic (exact) mass is 309 g/mol. The van der Waals surface area contributed by atoms with Crippen molar-refractivity contribution >= 4 is 22.4 Å². The first-order valence-electron chi connectivity index (χ1n) is 6.40. The molecule has 2 rings (SSSR count). The van der Waals surface area contributed by atoms with Crippen molar-refractivity contribution in [2.24, 2.45) is 5.73 Å². The summed E-state index contributed by atoms with van der Waals surface area (Å²) >= 11 is 1.31. The summed E-state index contributed by atoms with van der Waals surface area (Å²) in [7, 11) is 0. The van der Waals surface area contributed by atoms with Gasteiger partial charge in [0.15, 0.2) is 5.13 Å². The Kier molecular flexibility index (Phi) is 4.87. The number of carboxylic acid groups (broad SMARTS) is 1. The first kappa shape index (κ1) is 15.4. The summed E-state index contributed by atoms with van der Waals surface area (Å²) in [6, 6.07) is 5.30. The molecule has 1 heterocycles. The van der Waals surface area contributed by atoms with Crippen LogP contribution in [0.25, 0.3) is 0 Å². The molecule has 5 nitrogen and oxygen atoms in total. The zero-order chi connectivity index (χ0) is 15.4. The Hall–Kier alpha value is -1.99. The minimum atomic E-state index is -1.11. The summed E-state index contributed by atoms with van der Waals surface area (Å²) in [6.45, 7) is 1.97. The molecule has 21 heavy (non-hydrogen) atoms. The number of aliphatic carboxylic acids is 1. The number of nitrogens with two attached hydrogens (primary N) is 1. The smallest absolute Gasteiger partial charge is 0.326 e. The Morgan fingerprint density at radius 2 is 2.14 bits per heavy atom. The van der Waals surface area contributed by atoms with Crippen molar-refractivity contribution in [2.45, 2.75) is 25.4 Å². The number of hydrogen-bond donors (Lipinski definition) is 3. The molecule has 112 valence electrons. The molecule has 2 unspecified atom stereocenters. The zero-order valence-electron chi connectivity index (χ0n) is 11.4. The van der Waals surface area contributed by atoms with Crippen molar-refractivity contribution in [1.29, 1.82) is 0 Å². The molecular formula is C14H16FN3O2S. The van der Waals surface area contributed by atoms with E-state index in [4.69, 9.17) is 10.8 Å². The van der Waals surface area contributed by atoms with Crippen LogP contribution < -0.4 is 11.1 Å². The van der Waals surface area contributed by atoms with E-state index in [1.807, 2.05) is 6.92 Å². The highest BCUT2D eigenvalue weighted by atomic mass is 32.1. The van der Waals surface area contributed by atoms with Gasteiger partial charge in [0.2, 0.25) is 0 Å². The Labute approximate surface area is 125 Å². The largest absolute Gasteiger partial charge is 0.480 e. The van der Waals surface area contributed by atoms with Gasteiger partial charge < -0.3 is 16.2 Å². The van der Waals surface area contributed by atoms with Crippen LogP contribution >= 0.6 is 11.3 Å². The molecule has 0 amide bonds. The minimum Gasteiger partial charge on any atom is -0.480 e. The maximum atomic E-state index is 12.8. The maximum absolute atomic E-state index is 12.8. The van der Waals surface area contributed by atoms with Crippen molar-refractivity contribution in [2.75, 3.05) is 5.32 Å². The third kappa shape index (κ3) is 4.24. The van der Waals surface area contributed by atoms with Gasteiger partial charge in [-0.15, -0.1) is 11.3 Å². The van der Waals surface area contributed by atoms with Crippen LogP contribution in [0.15, 0.2) is 29.6 Å². The lowest BCUT2D eigenvalue weighted by Gasteiger charge is -2.12. The van der Waals surface area contributed by atoms with E-state index in [1.54, 1.807) is 17.5 Å². The van der Waals surface area contributed by atoms with Gasteiger partial charge in [0, 0.05) is 11.4 Å². The second-order valence-electron chi connectivity index (χ2n) is 4.77. The number of benzene rings is 1. The molecule has 1 aromatic heterocycles. The lowest BCUT2D eigenvalue weighted by molar-refractivity contribution is -0.138. The first-order chi connectivity index (χ1) is 9.95. The summed E-state index contributed by atoms with van der Waals surface area (Å²) in [5, 5.41) is 14.3. The molecule has 0 bridgehead atoms. The highest BCUT2D eigenvalue weighted by molar-refractivity contribution is 7.13. The molecule has 2 atom stereocenters. The van der Waals surface area contributed by atoms with Crippen molar-refractivity contribution < 1.29 is 14.3 Å². The zero-order valence-corrected chi connectivity index (χ0v) is 12.2. The topological polar surface area (TPSA) is 88.2 Å². The first-order valence-corrected chi connectivity index (χ1v) is 7.28. The maximum Gasteiger partial charge on any atom is 0.326 e. The summed E-state index contributed by atoms with van der Waals surface area (Å²) in [5.41, 5.74) is 6.85. The molecule has 0 aliphatic heterocycles. The van der Waals surface area contributed by atoms with Gasteiger partial charge in [0.1, 0.15) is 11.9 Å². The van der Waals surface area contributed by atoms with Crippen LogP contribution in [-0.4, -0.2) is 22.1 Å². The van der Waals surface area contributed by atoms with Crippen LogP contribution in [-0.2, 0) is 11.2 Å². The number of anilines is 1. The number of thiazole rings is 1. The van der Waals surface area contributed by atoms with Crippen molar-refractivity contribution in [3.63, 3.8) is 0 Å². The number of hydrogen-bond acceptors (Lipinski definition) is 5. The van der Waals surface area contributed by atoms with Crippen molar-refractivity contribution in [3.8, 4) is 0 Å². The summed E-state index contributed by atoms with van der Waals surface area (Å²) in [4.78, 5) is 15.0. The number of aromatic nitrogens is 1. The van der Waals surface area contributed by atoms with Gasteiger partial charge >= 0.3 is 5.97 Å². The summed E-state index contributed by atoms with van der Waals surface area (Å²) in [5.74, 6) is -1.36. The molecular weight excluding hydrogens is 293 g/mol. The molecule has 1 aromatic carbocycles. The summed E-state index contributed by atoms with van der Waals surface area (Å²) < 4.78 is 12.8. The number of carbonyl (C=O) groups is 1. The van der Waals surface area contributed by atoms with E-state index < -0.39 is 12.0 Å². The fraction of sp³-hybridized carbons (Fsp3) is 0.286. The molecule has 0 radical (unpaired) electrons. The van der Waals surface area contributed by atoms with Gasteiger partial charge in [-0.3, -0.25) is 4.79 Å². The van der Waals surface area contributed by atoms with Crippen LogP contribution in [0, 0.1) is 5.82 Å². The van der Waals surface area contributed by atoms with E-state index >= 15 is 0 Å². The molecule has 2 aromatic rings. The second kappa shape index (κ2) is 6.64. The normalized spacial score (nSPS) is 13.7. The number of nitrogens with zero attached hydrogens (tertiary/aromatic N) is 1. The van der Waals surface area contributed by atoms with Crippen LogP contribution in [0.3, 0.4) is 0 Å². The Balaban J connectivity index is 1.95. The fourth-order valence-electron chi connectivity index (χ4n) is 1.86. The van der Waals surface area contributed by atoms with E-state index in [9.17, 15) is 9.18 Å². The van der Waals surface area contributed by atoms with E-state index in [0.717, 1.165) is 5.56 Å². The molecule has 0 saturated heterocycles. The highest BCUT2D eigenvalue weighted by Crippen LogP contribution is 2.21. The van der Waals surface area contributed by atoms with Gasteiger partial charge in [-0.25, -0.2) is 9.37 Å². The van der Waals surface area contributed by atoms with Crippen LogP contribution in [0.2, 0.25) is 0 Å². The second-order valence-corrected chi connectivity index (χ2v) is 5.63. The molecule has 0 spiro atoms. The van der Waals surface area contributed by atoms with Crippen LogP contribution in [0.1, 0.15) is 24.2 Å². The third-order valence-corrected chi connectivity index (χ3v) is 3.72. The lowest BCUT2D eigenvalue weighted by atomic mass is 10.1. The lowest BCUT2D eigenvalue weighted by Crippen LogP contribution is -2.21. The van der Waals surface area contributed by atoms with E-state index in [2.05, 4.69) is 10.3 Å². The van der Waals surface area contributed by atoms with E-state index in [1.165, 1.54) is 23.5 Å². The number of rotatable bonds is 6. The molecule has 0 aliphatic carbocycles. The number of nitrogens with one attached hydrogen (secondary N) is 1. The van der Waals surface area contributed by atoms with Gasteiger partial charge in [-0.1, -0.05) is 12.1 Å². The van der Waals surface area contributed by atoms with Gasteiger partial charge in [-0.2, -0.15) is 0 Å². The molecule has 4 N–H and O–H groups in total. The van der Waals surface area contributed by atoms with Gasteiger partial charge in [-0.05, 0) is 31.0 Å². The number of halogens is 1. The Morgan fingerprint density at radius 1 is 1.48 bits per heavy atom. The number of carboxylic acids is 1. The minimum absolute atomic E-state index is 0.0792. The van der Waals surface area contributed by atoms with E-state index in [0.29, 0.717) is 17.2 Å². The third-order valence-electron chi connectivity index (χ3n) is 2.93.